The number of rotatable bonds is 3. The fourth-order valence-electron chi connectivity index (χ4n) is 0.697. The van der Waals surface area contributed by atoms with Crippen molar-refractivity contribution in [3.8, 4) is 0 Å². The van der Waals surface area contributed by atoms with Gasteiger partial charge in [0.05, 0.1) is 0 Å². The van der Waals surface area contributed by atoms with Crippen molar-refractivity contribution >= 4 is 27.7 Å². The lowest BCUT2D eigenvalue weighted by Gasteiger charge is -1.94. The normalized spacial score (nSPS) is 10.6. The van der Waals surface area contributed by atoms with Crippen LogP contribution in [0.4, 0.5) is 0 Å². The maximum absolute atomic E-state index is 3.23. The highest BCUT2D eigenvalue weighted by atomic mass is 79.9. The average Bonchev–Trinajstić information content (AvgIpc) is 2.07. The maximum atomic E-state index is 3.23. The Morgan fingerprint density at radius 2 is 2.00 bits per heavy atom. The Morgan fingerprint density at radius 3 is 2.64 bits per heavy atom. The monoisotopic (exact) mass is 228 g/mol. The van der Waals surface area contributed by atoms with Crippen molar-refractivity contribution in [1.82, 2.24) is 0 Å². The Hall–Kier alpha value is -0.210. The largest absolute Gasteiger partial charge is 0.122 e. The second-order valence-corrected chi connectivity index (χ2v) is 3.61. The lowest BCUT2D eigenvalue weighted by atomic mass is 10.4. The molecule has 58 valence electrons. The molecule has 2 heteroatoms. The highest BCUT2D eigenvalue weighted by molar-refractivity contribution is 9.11. The summed E-state index contributed by atoms with van der Waals surface area (Å²) in [6.45, 7) is 0. The molecule has 0 fully saturated rings. The summed E-state index contributed by atoms with van der Waals surface area (Å²) in [6.07, 6.45) is 2.08. The molecule has 0 aliphatic carbocycles. The molecule has 0 aliphatic rings. The van der Waals surface area contributed by atoms with Gasteiger partial charge in [-0.05, 0) is 17.1 Å². The minimum Gasteiger partial charge on any atom is -0.122 e. The number of thioether (sulfide) groups is 1. The summed E-state index contributed by atoms with van der Waals surface area (Å²) in [6, 6.07) is 10.4. The molecular weight excluding hydrogens is 220 g/mol. The standard InChI is InChI=1S/C9H9BrS/c10-7-4-8-11-9-5-2-1-3-6-9/h1-7H,8H2/b7-4+. The molecule has 0 heterocycles. The van der Waals surface area contributed by atoms with Crippen LogP contribution in [-0.4, -0.2) is 5.75 Å². The molecule has 0 radical (unpaired) electrons. The van der Waals surface area contributed by atoms with Crippen molar-refractivity contribution in [2.45, 2.75) is 4.90 Å². The van der Waals surface area contributed by atoms with Crippen LogP contribution in [0.1, 0.15) is 0 Å². The molecule has 0 atom stereocenters. The number of hydrogen-bond acceptors (Lipinski definition) is 1. The molecule has 0 nitrogen and oxygen atoms in total. The summed E-state index contributed by atoms with van der Waals surface area (Å²) in [5.41, 5.74) is 0. The van der Waals surface area contributed by atoms with Gasteiger partial charge in [-0.2, -0.15) is 0 Å². The molecule has 0 bridgehead atoms. The minimum atomic E-state index is 1.02. The van der Waals surface area contributed by atoms with Crippen molar-refractivity contribution in [1.29, 1.82) is 0 Å². The number of hydrogen-bond donors (Lipinski definition) is 0. The first-order valence-electron chi connectivity index (χ1n) is 3.36. The van der Waals surface area contributed by atoms with E-state index in [1.165, 1.54) is 4.90 Å². The van der Waals surface area contributed by atoms with E-state index in [-0.39, 0.29) is 0 Å². The third-order valence-corrected chi connectivity index (χ3v) is 2.52. The van der Waals surface area contributed by atoms with E-state index in [9.17, 15) is 0 Å². The first-order valence-corrected chi connectivity index (χ1v) is 5.26. The molecule has 0 saturated carbocycles. The van der Waals surface area contributed by atoms with Crippen molar-refractivity contribution in [3.63, 3.8) is 0 Å². The Balaban J connectivity index is 2.39. The van der Waals surface area contributed by atoms with Gasteiger partial charge in [0.15, 0.2) is 0 Å². The van der Waals surface area contributed by atoms with Crippen LogP contribution in [0.15, 0.2) is 46.3 Å². The van der Waals surface area contributed by atoms with E-state index in [2.05, 4.69) is 46.3 Å². The zero-order chi connectivity index (χ0) is 7.94. The third kappa shape index (κ3) is 3.63. The minimum absolute atomic E-state index is 1.02. The van der Waals surface area contributed by atoms with Crippen LogP contribution in [0.2, 0.25) is 0 Å². The third-order valence-electron chi connectivity index (χ3n) is 1.18. The van der Waals surface area contributed by atoms with E-state index in [4.69, 9.17) is 0 Å². The zero-order valence-electron chi connectivity index (χ0n) is 6.03. The average molecular weight is 229 g/mol. The zero-order valence-corrected chi connectivity index (χ0v) is 8.44. The van der Waals surface area contributed by atoms with Crippen LogP contribution in [0.5, 0.6) is 0 Å². The van der Waals surface area contributed by atoms with Gasteiger partial charge in [0, 0.05) is 10.6 Å². The fourth-order valence-corrected chi connectivity index (χ4v) is 1.87. The van der Waals surface area contributed by atoms with E-state index in [1.54, 1.807) is 0 Å². The van der Waals surface area contributed by atoms with Gasteiger partial charge in [0.1, 0.15) is 0 Å². The molecule has 1 aromatic carbocycles. The number of halogens is 1. The summed E-state index contributed by atoms with van der Waals surface area (Å²) in [4.78, 5) is 3.21. The second-order valence-electron chi connectivity index (χ2n) is 1.99. The van der Waals surface area contributed by atoms with E-state index < -0.39 is 0 Å². The lowest BCUT2D eigenvalue weighted by molar-refractivity contribution is 1.46. The van der Waals surface area contributed by atoms with Crippen LogP contribution in [0, 0.1) is 0 Å². The molecule has 1 aromatic rings. The van der Waals surface area contributed by atoms with E-state index in [1.807, 2.05) is 22.8 Å². The lowest BCUT2D eigenvalue weighted by Crippen LogP contribution is -1.70. The Morgan fingerprint density at radius 1 is 1.27 bits per heavy atom. The highest BCUT2D eigenvalue weighted by Crippen LogP contribution is 2.16. The Kier molecular flexibility index (Phi) is 4.39. The molecule has 0 saturated heterocycles. The second kappa shape index (κ2) is 5.44. The first kappa shape index (κ1) is 8.88. The summed E-state index contributed by atoms with van der Waals surface area (Å²) in [7, 11) is 0. The molecule has 0 N–H and O–H groups in total. The quantitative estimate of drug-likeness (QED) is 0.712. The van der Waals surface area contributed by atoms with Gasteiger partial charge in [-0.3, -0.25) is 0 Å². The molecule has 0 amide bonds. The molecule has 11 heavy (non-hydrogen) atoms. The van der Waals surface area contributed by atoms with Gasteiger partial charge in [-0.1, -0.05) is 40.2 Å². The molecule has 1 rings (SSSR count). The van der Waals surface area contributed by atoms with Gasteiger partial charge in [0.25, 0.3) is 0 Å². The predicted molar refractivity (Wildman–Crippen MR) is 55.2 cm³/mol. The summed E-state index contributed by atoms with van der Waals surface area (Å²) in [5.74, 6) is 1.02. The van der Waals surface area contributed by atoms with Crippen LogP contribution >= 0.6 is 27.7 Å². The van der Waals surface area contributed by atoms with Crippen molar-refractivity contribution in [2.75, 3.05) is 5.75 Å². The summed E-state index contributed by atoms with van der Waals surface area (Å²) < 4.78 is 0. The van der Waals surface area contributed by atoms with Crippen LogP contribution in [0.3, 0.4) is 0 Å². The SMILES string of the molecule is Br/C=C/CSc1ccccc1. The molecular formula is C9H9BrS. The smallest absolute Gasteiger partial charge is 0.0168 e. The summed E-state index contributed by atoms with van der Waals surface area (Å²) in [5, 5.41) is 0. The maximum Gasteiger partial charge on any atom is 0.0168 e. The van der Waals surface area contributed by atoms with Crippen LogP contribution in [-0.2, 0) is 0 Å². The van der Waals surface area contributed by atoms with Gasteiger partial charge >= 0.3 is 0 Å². The van der Waals surface area contributed by atoms with Crippen molar-refractivity contribution in [3.05, 3.63) is 41.4 Å². The van der Waals surface area contributed by atoms with Gasteiger partial charge in [-0.15, -0.1) is 11.8 Å². The van der Waals surface area contributed by atoms with Crippen LogP contribution < -0.4 is 0 Å². The molecule has 0 aliphatic heterocycles. The fraction of sp³-hybridized carbons (Fsp3) is 0.111. The Bertz CT molecular complexity index is 218. The van der Waals surface area contributed by atoms with E-state index >= 15 is 0 Å². The Labute approximate surface area is 79.8 Å². The van der Waals surface area contributed by atoms with Gasteiger partial charge in [0.2, 0.25) is 0 Å². The van der Waals surface area contributed by atoms with Crippen molar-refractivity contribution < 1.29 is 0 Å². The highest BCUT2D eigenvalue weighted by Gasteiger charge is 1.86. The van der Waals surface area contributed by atoms with Crippen molar-refractivity contribution in [2.24, 2.45) is 0 Å². The molecule has 0 spiro atoms. The van der Waals surface area contributed by atoms with Gasteiger partial charge < -0.3 is 0 Å². The van der Waals surface area contributed by atoms with E-state index in [0.29, 0.717) is 0 Å². The number of benzene rings is 1. The van der Waals surface area contributed by atoms with Gasteiger partial charge in [-0.25, -0.2) is 0 Å². The molecule has 0 unspecified atom stereocenters. The van der Waals surface area contributed by atoms with E-state index in [0.717, 1.165) is 5.75 Å². The first-order chi connectivity index (χ1) is 5.43. The summed E-state index contributed by atoms with van der Waals surface area (Å²) >= 11 is 5.06. The topological polar surface area (TPSA) is 0 Å². The van der Waals surface area contributed by atoms with Crippen LogP contribution in [0.25, 0.3) is 0 Å². The molecule has 0 aromatic heterocycles. The predicted octanol–water partition coefficient (Wildman–Crippen LogP) is 3.69.